The van der Waals surface area contributed by atoms with Gasteiger partial charge < -0.3 is 19.9 Å². The molecule has 3 rings (SSSR count). The number of piperazine rings is 1. The van der Waals surface area contributed by atoms with Gasteiger partial charge in [-0.2, -0.15) is 0 Å². The molecule has 1 N–H and O–H groups in total. The minimum atomic E-state index is -0.193. The van der Waals surface area contributed by atoms with Crippen molar-refractivity contribution in [3.05, 3.63) is 30.1 Å². The lowest BCUT2D eigenvalue weighted by Gasteiger charge is -2.36. The van der Waals surface area contributed by atoms with Gasteiger partial charge in [-0.05, 0) is 51.0 Å². The van der Waals surface area contributed by atoms with E-state index in [1.165, 1.54) is 12.1 Å². The molecular weight excluding hydrogens is 397 g/mol. The maximum atomic E-state index is 13.1. The largest absolute Gasteiger partial charge is 0.466 e. The van der Waals surface area contributed by atoms with Crippen LogP contribution in [0.25, 0.3) is 0 Å². The van der Waals surface area contributed by atoms with Gasteiger partial charge in [-0.3, -0.25) is 14.7 Å². The first kappa shape index (κ1) is 23.3. The Labute approximate surface area is 185 Å². The van der Waals surface area contributed by atoms with E-state index >= 15 is 0 Å². The molecule has 2 aliphatic rings. The summed E-state index contributed by atoms with van der Waals surface area (Å²) in [6.45, 7) is 12.4. The summed E-state index contributed by atoms with van der Waals surface area (Å²) in [6.07, 6.45) is 1.63. The highest BCUT2D eigenvalue weighted by molar-refractivity contribution is 5.80. The highest BCUT2D eigenvalue weighted by atomic mass is 19.1. The van der Waals surface area contributed by atoms with Crippen LogP contribution in [-0.4, -0.2) is 87.2 Å². The highest BCUT2D eigenvalue weighted by Gasteiger charge is 2.27. The molecule has 1 aromatic rings. The van der Waals surface area contributed by atoms with Gasteiger partial charge >= 0.3 is 5.97 Å². The van der Waals surface area contributed by atoms with Gasteiger partial charge in [0.2, 0.25) is 0 Å². The molecule has 0 bridgehead atoms. The maximum absolute atomic E-state index is 13.1. The zero-order valence-corrected chi connectivity index (χ0v) is 18.9. The van der Waals surface area contributed by atoms with Crippen LogP contribution in [0, 0.1) is 11.7 Å². The van der Waals surface area contributed by atoms with Crippen LogP contribution in [-0.2, 0) is 9.53 Å². The summed E-state index contributed by atoms with van der Waals surface area (Å²) in [6, 6.07) is 6.74. The van der Waals surface area contributed by atoms with E-state index in [0.717, 1.165) is 83.4 Å². The number of hydrogen-bond acceptors (Lipinski definition) is 5. The van der Waals surface area contributed by atoms with Crippen LogP contribution in [0.1, 0.15) is 26.7 Å². The number of ether oxygens (including phenoxy) is 1. The first-order valence-electron chi connectivity index (χ1n) is 11.5. The summed E-state index contributed by atoms with van der Waals surface area (Å²) in [5.74, 6) is 0.692. The maximum Gasteiger partial charge on any atom is 0.309 e. The number of likely N-dealkylation sites (tertiary alicyclic amines) is 1. The number of halogens is 1. The van der Waals surface area contributed by atoms with E-state index in [1.54, 1.807) is 0 Å². The van der Waals surface area contributed by atoms with Crippen LogP contribution >= 0.6 is 0 Å². The lowest BCUT2D eigenvalue weighted by Crippen LogP contribution is -2.48. The molecule has 0 aliphatic carbocycles. The molecule has 2 saturated heterocycles. The van der Waals surface area contributed by atoms with E-state index in [0.29, 0.717) is 6.61 Å². The number of hydrogen-bond donors (Lipinski definition) is 1. The second kappa shape index (κ2) is 11.9. The van der Waals surface area contributed by atoms with Gasteiger partial charge in [0.15, 0.2) is 5.96 Å². The number of anilines is 1. The molecule has 0 saturated carbocycles. The fourth-order valence-corrected chi connectivity index (χ4v) is 4.19. The minimum absolute atomic E-state index is 0.0106. The van der Waals surface area contributed by atoms with Crippen molar-refractivity contribution in [2.24, 2.45) is 10.9 Å². The molecule has 1 aromatic carbocycles. The third-order valence-electron chi connectivity index (χ3n) is 5.99. The van der Waals surface area contributed by atoms with Gasteiger partial charge in [0, 0.05) is 58.0 Å². The lowest BCUT2D eigenvalue weighted by atomic mass is 9.97. The molecule has 0 radical (unpaired) electrons. The SMILES string of the molecule is CCNC(=NCCN1CCN(c2ccc(F)cc2)CC1)N1CCC(C(=O)OCC)CC1. The van der Waals surface area contributed by atoms with E-state index in [1.807, 2.05) is 19.1 Å². The van der Waals surface area contributed by atoms with Gasteiger partial charge in [-0.25, -0.2) is 4.39 Å². The molecule has 8 heteroatoms. The summed E-state index contributed by atoms with van der Waals surface area (Å²) >= 11 is 0. The Morgan fingerprint density at radius 2 is 1.77 bits per heavy atom. The molecule has 0 atom stereocenters. The van der Waals surface area contributed by atoms with Crippen LogP contribution in [0.5, 0.6) is 0 Å². The molecule has 2 aliphatic heterocycles. The zero-order valence-electron chi connectivity index (χ0n) is 18.9. The third kappa shape index (κ3) is 6.82. The van der Waals surface area contributed by atoms with Gasteiger partial charge in [0.25, 0.3) is 0 Å². The van der Waals surface area contributed by atoms with Gasteiger partial charge in [0.1, 0.15) is 5.82 Å². The molecule has 0 aromatic heterocycles. The number of rotatable bonds is 7. The fraction of sp³-hybridized carbons (Fsp3) is 0.652. The molecule has 0 unspecified atom stereocenters. The average molecular weight is 434 g/mol. The Balaban J connectivity index is 1.43. The van der Waals surface area contributed by atoms with E-state index in [9.17, 15) is 9.18 Å². The second-order valence-electron chi connectivity index (χ2n) is 8.05. The smallest absolute Gasteiger partial charge is 0.309 e. The number of benzene rings is 1. The minimum Gasteiger partial charge on any atom is -0.466 e. The molecule has 0 amide bonds. The number of esters is 1. The molecular formula is C23H36FN5O2. The molecule has 172 valence electrons. The van der Waals surface area contributed by atoms with Gasteiger partial charge in [-0.15, -0.1) is 0 Å². The van der Waals surface area contributed by atoms with Crippen LogP contribution in [0.15, 0.2) is 29.3 Å². The predicted octanol–water partition coefficient (Wildman–Crippen LogP) is 2.19. The molecule has 7 nitrogen and oxygen atoms in total. The summed E-state index contributed by atoms with van der Waals surface area (Å²) in [5, 5.41) is 3.39. The van der Waals surface area contributed by atoms with E-state index in [4.69, 9.17) is 9.73 Å². The fourth-order valence-electron chi connectivity index (χ4n) is 4.19. The number of nitrogens with zero attached hydrogens (tertiary/aromatic N) is 4. The van der Waals surface area contributed by atoms with Gasteiger partial charge in [0.05, 0.1) is 19.1 Å². The van der Waals surface area contributed by atoms with E-state index in [-0.39, 0.29) is 17.7 Å². The monoisotopic (exact) mass is 433 g/mol. The van der Waals surface area contributed by atoms with Crippen LogP contribution in [0.3, 0.4) is 0 Å². The number of guanidine groups is 1. The molecule has 2 heterocycles. The molecule has 31 heavy (non-hydrogen) atoms. The average Bonchev–Trinajstić information content (AvgIpc) is 2.80. The van der Waals surface area contributed by atoms with Crippen LogP contribution < -0.4 is 10.2 Å². The van der Waals surface area contributed by atoms with E-state index in [2.05, 4.69) is 26.9 Å². The molecule has 0 spiro atoms. The highest BCUT2D eigenvalue weighted by Crippen LogP contribution is 2.19. The number of carbonyl (C=O) groups excluding carboxylic acids is 1. The van der Waals surface area contributed by atoms with Crippen molar-refractivity contribution < 1.29 is 13.9 Å². The Hall–Kier alpha value is -2.35. The third-order valence-corrected chi connectivity index (χ3v) is 5.99. The summed E-state index contributed by atoms with van der Waals surface area (Å²) in [7, 11) is 0. The van der Waals surface area contributed by atoms with Crippen molar-refractivity contribution in [1.29, 1.82) is 0 Å². The Kier molecular flexibility index (Phi) is 8.94. The number of nitrogens with one attached hydrogen (secondary N) is 1. The van der Waals surface area contributed by atoms with Crippen molar-refractivity contribution in [2.45, 2.75) is 26.7 Å². The Morgan fingerprint density at radius 3 is 2.39 bits per heavy atom. The zero-order chi connectivity index (χ0) is 22.1. The van der Waals surface area contributed by atoms with Crippen LogP contribution in [0.2, 0.25) is 0 Å². The van der Waals surface area contributed by atoms with Crippen molar-refractivity contribution >= 4 is 17.6 Å². The first-order valence-corrected chi connectivity index (χ1v) is 11.5. The molecule has 2 fully saturated rings. The lowest BCUT2D eigenvalue weighted by molar-refractivity contribution is -0.149. The van der Waals surface area contributed by atoms with Crippen molar-refractivity contribution in [2.75, 3.05) is 70.4 Å². The van der Waals surface area contributed by atoms with Gasteiger partial charge in [-0.1, -0.05) is 0 Å². The number of piperidine rings is 1. The Bertz CT molecular complexity index is 711. The normalized spacial score (nSPS) is 18.9. The topological polar surface area (TPSA) is 60.4 Å². The number of aliphatic imine (C=N–C) groups is 1. The first-order chi connectivity index (χ1) is 15.1. The standard InChI is InChI=1S/C23H36FN5O2/c1-3-25-23(29-12-9-19(10-13-29)22(30)31-4-2)26-11-14-27-15-17-28(18-16-27)21-7-5-20(24)6-8-21/h5-8,19H,3-4,9-18H2,1-2H3,(H,25,26). The number of carbonyl (C=O) groups is 1. The quantitative estimate of drug-likeness (QED) is 0.404. The second-order valence-corrected chi connectivity index (χ2v) is 8.05. The summed E-state index contributed by atoms with van der Waals surface area (Å²) in [4.78, 5) is 23.8. The van der Waals surface area contributed by atoms with Crippen LogP contribution in [0.4, 0.5) is 10.1 Å². The summed E-state index contributed by atoms with van der Waals surface area (Å²) < 4.78 is 18.3. The Morgan fingerprint density at radius 1 is 1.10 bits per heavy atom. The van der Waals surface area contributed by atoms with Crippen molar-refractivity contribution in [3.63, 3.8) is 0 Å². The predicted molar refractivity (Wildman–Crippen MR) is 122 cm³/mol. The van der Waals surface area contributed by atoms with Crippen molar-refractivity contribution in [3.8, 4) is 0 Å². The van der Waals surface area contributed by atoms with E-state index < -0.39 is 0 Å². The van der Waals surface area contributed by atoms with Crippen molar-refractivity contribution in [1.82, 2.24) is 15.1 Å². The summed E-state index contributed by atoms with van der Waals surface area (Å²) in [5.41, 5.74) is 1.08.